The number of carbonyl (C=O) groups excluding carboxylic acids is 2. The van der Waals surface area contributed by atoms with Crippen molar-refractivity contribution in [2.45, 2.75) is 13.3 Å². The lowest BCUT2D eigenvalue weighted by Crippen LogP contribution is -2.36. The average molecular weight is 335 g/mol. The van der Waals surface area contributed by atoms with Crippen LogP contribution in [-0.4, -0.2) is 29.6 Å². The quantitative estimate of drug-likeness (QED) is 0.636. The van der Waals surface area contributed by atoms with E-state index in [9.17, 15) is 19.5 Å². The summed E-state index contributed by atoms with van der Waals surface area (Å²) in [6.07, 6.45) is 4.52. The molecule has 0 aliphatic heterocycles. The molecule has 1 fully saturated rings. The van der Waals surface area contributed by atoms with Gasteiger partial charge in [0.05, 0.1) is 24.0 Å². The third-order valence-electron chi connectivity index (χ3n) is 4.44. The summed E-state index contributed by atoms with van der Waals surface area (Å²) in [5.41, 5.74) is 0.302. The van der Waals surface area contributed by atoms with Gasteiger partial charge in [0, 0.05) is 0 Å². The normalized spacial score (nSPS) is 27.9. The zero-order chi connectivity index (χ0) is 16.6. The molecule has 2 aliphatic carbocycles. The van der Waals surface area contributed by atoms with E-state index in [0.717, 1.165) is 0 Å². The van der Waals surface area contributed by atoms with E-state index in [1.165, 1.54) is 11.3 Å². The molecule has 1 amide bonds. The number of fused-ring (bicyclic) bond motifs is 2. The fourth-order valence-electron chi connectivity index (χ4n) is 3.49. The number of hydrogen-bond donors (Lipinski definition) is 2. The lowest BCUT2D eigenvalue weighted by atomic mass is 9.82. The first-order valence-electron chi connectivity index (χ1n) is 7.49. The third-order valence-corrected chi connectivity index (χ3v) is 5.27. The van der Waals surface area contributed by atoms with Crippen LogP contribution in [0.25, 0.3) is 0 Å². The number of amides is 1. The van der Waals surface area contributed by atoms with E-state index in [4.69, 9.17) is 4.74 Å². The average Bonchev–Trinajstić information content (AvgIpc) is 3.21. The number of carboxylic acid groups (broad SMARTS) is 1. The zero-order valence-electron chi connectivity index (χ0n) is 12.5. The van der Waals surface area contributed by atoms with Gasteiger partial charge in [0.2, 0.25) is 5.91 Å². The van der Waals surface area contributed by atoms with Crippen molar-refractivity contribution in [3.8, 4) is 0 Å². The van der Waals surface area contributed by atoms with E-state index in [1.807, 2.05) is 12.2 Å². The first kappa shape index (κ1) is 15.7. The van der Waals surface area contributed by atoms with Crippen molar-refractivity contribution in [2.24, 2.45) is 23.7 Å². The van der Waals surface area contributed by atoms with Crippen molar-refractivity contribution < 1.29 is 24.2 Å². The number of allylic oxidation sites excluding steroid dienone is 2. The molecule has 2 N–H and O–H groups in total. The molecule has 0 unspecified atom stereocenters. The van der Waals surface area contributed by atoms with Gasteiger partial charge >= 0.3 is 11.9 Å². The maximum Gasteiger partial charge on any atom is 0.341 e. The van der Waals surface area contributed by atoms with Gasteiger partial charge in [0.1, 0.15) is 5.00 Å². The molecule has 1 heterocycles. The molecule has 23 heavy (non-hydrogen) atoms. The van der Waals surface area contributed by atoms with Gasteiger partial charge in [-0.05, 0) is 36.6 Å². The number of rotatable bonds is 5. The number of anilines is 1. The number of ether oxygens (including phenoxy) is 1. The standard InChI is InChI=1S/C16H17NO5S/c1-2-22-16(21)10-5-6-23-14(10)17-13(18)11-8-3-4-9(7-8)12(11)15(19)20/h3-6,8-9,11-12H,2,7H2,1H3,(H,17,18)(H,19,20)/t8-,9-,11-,12-/m0/s1. The number of hydrogen-bond acceptors (Lipinski definition) is 5. The van der Waals surface area contributed by atoms with Crippen LogP contribution >= 0.6 is 11.3 Å². The van der Waals surface area contributed by atoms with E-state index in [2.05, 4.69) is 5.32 Å². The molecular weight excluding hydrogens is 318 g/mol. The van der Waals surface area contributed by atoms with Crippen LogP contribution in [0.5, 0.6) is 0 Å². The molecule has 4 atom stereocenters. The van der Waals surface area contributed by atoms with Crippen LogP contribution in [0, 0.1) is 23.7 Å². The largest absolute Gasteiger partial charge is 0.481 e. The molecule has 6 nitrogen and oxygen atoms in total. The number of aliphatic carboxylic acids is 1. The Morgan fingerprint density at radius 1 is 1.30 bits per heavy atom. The summed E-state index contributed by atoms with van der Waals surface area (Å²) in [4.78, 5) is 35.9. The minimum atomic E-state index is -0.946. The Bertz CT molecular complexity index is 680. The number of thiophene rings is 1. The molecule has 0 spiro atoms. The smallest absolute Gasteiger partial charge is 0.341 e. The topological polar surface area (TPSA) is 92.7 Å². The molecule has 2 aliphatic rings. The molecule has 1 aromatic rings. The lowest BCUT2D eigenvalue weighted by Gasteiger charge is -2.23. The van der Waals surface area contributed by atoms with Crippen LogP contribution in [0.2, 0.25) is 0 Å². The summed E-state index contributed by atoms with van der Waals surface area (Å²) < 4.78 is 4.95. The molecule has 2 bridgehead atoms. The van der Waals surface area contributed by atoms with E-state index in [1.54, 1.807) is 18.4 Å². The molecular formula is C16H17NO5S. The predicted molar refractivity (Wildman–Crippen MR) is 84.3 cm³/mol. The SMILES string of the molecule is CCOC(=O)c1ccsc1NC(=O)[C@@H]1[C@@H](C(=O)O)[C@H]2C=C[C@H]1C2. The molecule has 3 rings (SSSR count). The van der Waals surface area contributed by atoms with Crippen LogP contribution in [0.4, 0.5) is 5.00 Å². The third kappa shape index (κ3) is 2.76. The van der Waals surface area contributed by atoms with Gasteiger partial charge in [-0.25, -0.2) is 4.79 Å². The Morgan fingerprint density at radius 2 is 2.00 bits per heavy atom. The lowest BCUT2D eigenvalue weighted by molar-refractivity contribution is -0.146. The van der Waals surface area contributed by atoms with Crippen molar-refractivity contribution in [3.63, 3.8) is 0 Å². The summed E-state index contributed by atoms with van der Waals surface area (Å²) in [7, 11) is 0. The van der Waals surface area contributed by atoms with Crippen LogP contribution in [0.1, 0.15) is 23.7 Å². The van der Waals surface area contributed by atoms with Gasteiger partial charge < -0.3 is 15.2 Å². The second kappa shape index (κ2) is 6.16. The summed E-state index contributed by atoms with van der Waals surface area (Å²) in [6.45, 7) is 1.96. The minimum Gasteiger partial charge on any atom is -0.481 e. The number of nitrogens with one attached hydrogen (secondary N) is 1. The fraction of sp³-hybridized carbons (Fsp3) is 0.438. The van der Waals surface area contributed by atoms with E-state index in [0.29, 0.717) is 17.0 Å². The number of carboxylic acids is 1. The van der Waals surface area contributed by atoms with Gasteiger partial charge in [-0.15, -0.1) is 11.3 Å². The molecule has 7 heteroatoms. The van der Waals surface area contributed by atoms with Crippen LogP contribution in [0.3, 0.4) is 0 Å². The Hall–Kier alpha value is -2.15. The minimum absolute atomic E-state index is 0.0490. The van der Waals surface area contributed by atoms with Crippen molar-refractivity contribution in [1.29, 1.82) is 0 Å². The first-order valence-corrected chi connectivity index (χ1v) is 8.37. The second-order valence-corrected chi connectivity index (χ2v) is 6.63. The monoisotopic (exact) mass is 335 g/mol. The van der Waals surface area contributed by atoms with Crippen LogP contribution in [-0.2, 0) is 14.3 Å². The Balaban J connectivity index is 1.78. The Labute approximate surface area is 137 Å². The predicted octanol–water partition coefficient (Wildman–Crippen LogP) is 2.39. The van der Waals surface area contributed by atoms with E-state index >= 15 is 0 Å². The van der Waals surface area contributed by atoms with Gasteiger partial charge in [-0.2, -0.15) is 0 Å². The number of esters is 1. The fourth-order valence-corrected chi connectivity index (χ4v) is 4.27. The Kier molecular flexibility index (Phi) is 4.21. The van der Waals surface area contributed by atoms with Crippen LogP contribution < -0.4 is 5.32 Å². The highest BCUT2D eigenvalue weighted by Crippen LogP contribution is 2.48. The highest BCUT2D eigenvalue weighted by molar-refractivity contribution is 7.14. The molecule has 122 valence electrons. The van der Waals surface area contributed by atoms with Gasteiger partial charge in [-0.3, -0.25) is 9.59 Å². The van der Waals surface area contributed by atoms with Crippen molar-refractivity contribution in [3.05, 3.63) is 29.2 Å². The van der Waals surface area contributed by atoms with Crippen molar-refractivity contribution >= 4 is 34.2 Å². The number of carbonyl (C=O) groups is 3. The Morgan fingerprint density at radius 3 is 2.65 bits per heavy atom. The van der Waals surface area contributed by atoms with Crippen LogP contribution in [0.15, 0.2) is 23.6 Å². The van der Waals surface area contributed by atoms with E-state index in [-0.39, 0.29) is 24.3 Å². The summed E-state index contributed by atoms with van der Waals surface area (Å²) in [5.74, 6) is -3.21. The van der Waals surface area contributed by atoms with Gasteiger partial charge in [0.15, 0.2) is 0 Å². The molecule has 0 saturated heterocycles. The second-order valence-electron chi connectivity index (χ2n) is 5.71. The van der Waals surface area contributed by atoms with Gasteiger partial charge in [0.25, 0.3) is 0 Å². The summed E-state index contributed by atoms with van der Waals surface area (Å²) in [5, 5.41) is 14.2. The highest BCUT2D eigenvalue weighted by Gasteiger charge is 2.51. The maximum absolute atomic E-state index is 12.6. The maximum atomic E-state index is 12.6. The molecule has 0 radical (unpaired) electrons. The highest BCUT2D eigenvalue weighted by atomic mass is 32.1. The molecule has 1 saturated carbocycles. The summed E-state index contributed by atoms with van der Waals surface area (Å²) in [6, 6.07) is 1.59. The summed E-state index contributed by atoms with van der Waals surface area (Å²) >= 11 is 1.22. The van der Waals surface area contributed by atoms with Gasteiger partial charge in [-0.1, -0.05) is 12.2 Å². The van der Waals surface area contributed by atoms with Crippen molar-refractivity contribution in [2.75, 3.05) is 11.9 Å². The molecule has 1 aromatic heterocycles. The van der Waals surface area contributed by atoms with E-state index < -0.39 is 23.8 Å². The van der Waals surface area contributed by atoms with Crippen molar-refractivity contribution in [1.82, 2.24) is 0 Å². The zero-order valence-corrected chi connectivity index (χ0v) is 13.3. The molecule has 0 aromatic carbocycles. The first-order chi connectivity index (χ1) is 11.0.